The fourth-order valence-electron chi connectivity index (χ4n) is 4.14. The third kappa shape index (κ3) is 2.75. The first kappa shape index (κ1) is 17.2. The van der Waals surface area contributed by atoms with Crippen LogP contribution in [0.1, 0.15) is 33.6 Å². The summed E-state index contributed by atoms with van der Waals surface area (Å²) in [4.78, 5) is 4.64. The van der Waals surface area contributed by atoms with Gasteiger partial charge in [0, 0.05) is 22.6 Å². The average Bonchev–Trinajstić information content (AvgIpc) is 3.17. The second-order valence-electron chi connectivity index (χ2n) is 7.75. The van der Waals surface area contributed by atoms with Crippen LogP contribution in [0.2, 0.25) is 10.0 Å². The highest BCUT2D eigenvalue weighted by Gasteiger charge is 2.56. The van der Waals surface area contributed by atoms with Crippen LogP contribution in [0.4, 0.5) is 5.13 Å². The Labute approximate surface area is 162 Å². The predicted molar refractivity (Wildman–Crippen MR) is 107 cm³/mol. The second-order valence-corrected chi connectivity index (χ2v) is 9.42. The van der Waals surface area contributed by atoms with Gasteiger partial charge in [0.2, 0.25) is 5.13 Å². The van der Waals surface area contributed by atoms with E-state index in [1.807, 2.05) is 17.5 Å². The molecule has 0 amide bonds. The minimum Gasteiger partial charge on any atom is -0.303 e. The van der Waals surface area contributed by atoms with Crippen molar-refractivity contribution in [3.8, 4) is 11.3 Å². The summed E-state index contributed by atoms with van der Waals surface area (Å²) in [6.45, 7) is 7.12. The zero-order valence-electron chi connectivity index (χ0n) is 14.5. The number of fused-ring (bicyclic) bond motifs is 2. The highest BCUT2D eigenvalue weighted by Crippen LogP contribution is 2.63. The van der Waals surface area contributed by atoms with Crippen LogP contribution in [-0.4, -0.2) is 4.98 Å². The fourth-order valence-corrected chi connectivity index (χ4v) is 5.11. The average molecular weight is 394 g/mol. The van der Waals surface area contributed by atoms with Gasteiger partial charge in [-0.25, -0.2) is 4.98 Å². The lowest BCUT2D eigenvalue weighted by atomic mass is 9.70. The molecular formula is C19H21Cl2N3S. The van der Waals surface area contributed by atoms with Crippen molar-refractivity contribution >= 4 is 39.7 Å². The van der Waals surface area contributed by atoms with Gasteiger partial charge in [-0.1, -0.05) is 56.1 Å². The van der Waals surface area contributed by atoms with Crippen molar-refractivity contribution in [2.45, 2.75) is 33.6 Å². The molecule has 132 valence electrons. The molecule has 2 aliphatic carbocycles. The van der Waals surface area contributed by atoms with Crippen LogP contribution in [0.25, 0.3) is 11.3 Å². The Morgan fingerprint density at radius 2 is 1.96 bits per heavy atom. The number of nitrogens with one attached hydrogen (secondary N) is 2. The van der Waals surface area contributed by atoms with Crippen LogP contribution in [-0.2, 0) is 0 Å². The summed E-state index contributed by atoms with van der Waals surface area (Å²) in [5.74, 6) is 0.583. The number of aromatic nitrogens is 1. The number of halogens is 2. The van der Waals surface area contributed by atoms with Gasteiger partial charge >= 0.3 is 0 Å². The van der Waals surface area contributed by atoms with Gasteiger partial charge in [0.05, 0.1) is 15.7 Å². The standard InChI is InChI=1S/C19H21Cl2N3S/c1-18(2)12-6-7-19(18,3)9-15(12)23-24-17-22-16(10-25-17)11-4-5-13(20)14(21)8-11/h4-5,8-10,12,23H,6-7H2,1-3H3,(H,22,24)/t12-,19+/m0/s1. The molecule has 0 spiro atoms. The van der Waals surface area contributed by atoms with Crippen molar-refractivity contribution in [1.82, 2.24) is 10.4 Å². The number of nitrogens with zero attached hydrogens (tertiary/aromatic N) is 1. The van der Waals surface area contributed by atoms with E-state index in [1.54, 1.807) is 17.4 Å². The Balaban J connectivity index is 1.47. The van der Waals surface area contributed by atoms with Gasteiger partial charge in [-0.15, -0.1) is 11.3 Å². The van der Waals surface area contributed by atoms with E-state index in [-0.39, 0.29) is 5.41 Å². The van der Waals surface area contributed by atoms with Gasteiger partial charge in [0.15, 0.2) is 0 Å². The van der Waals surface area contributed by atoms with Crippen LogP contribution in [0.15, 0.2) is 35.4 Å². The summed E-state index contributed by atoms with van der Waals surface area (Å²) in [6, 6.07) is 5.58. The molecule has 3 nitrogen and oxygen atoms in total. The summed E-state index contributed by atoms with van der Waals surface area (Å²) in [6.07, 6.45) is 4.92. The Morgan fingerprint density at radius 3 is 2.60 bits per heavy atom. The van der Waals surface area contributed by atoms with E-state index >= 15 is 0 Å². The van der Waals surface area contributed by atoms with Crippen LogP contribution >= 0.6 is 34.5 Å². The number of benzene rings is 1. The molecule has 0 saturated heterocycles. The topological polar surface area (TPSA) is 37.0 Å². The van der Waals surface area contributed by atoms with E-state index in [2.05, 4.69) is 42.7 Å². The summed E-state index contributed by atoms with van der Waals surface area (Å²) in [7, 11) is 0. The van der Waals surface area contributed by atoms with Gasteiger partial charge in [-0.05, 0) is 35.8 Å². The fraction of sp³-hybridized carbons (Fsp3) is 0.421. The van der Waals surface area contributed by atoms with Gasteiger partial charge in [0.25, 0.3) is 0 Å². The molecule has 0 unspecified atom stereocenters. The monoisotopic (exact) mass is 393 g/mol. The maximum atomic E-state index is 6.10. The first-order chi connectivity index (χ1) is 11.8. The van der Waals surface area contributed by atoms with Gasteiger partial charge in [-0.3, -0.25) is 5.43 Å². The number of hydrazine groups is 1. The Hall–Kier alpha value is -1.23. The number of thiazole rings is 1. The Kier molecular flexibility index (Phi) is 4.06. The van der Waals surface area contributed by atoms with Crippen LogP contribution in [0.5, 0.6) is 0 Å². The molecule has 6 heteroatoms. The highest BCUT2D eigenvalue weighted by molar-refractivity contribution is 7.14. The minimum atomic E-state index is 0.287. The lowest BCUT2D eigenvalue weighted by Gasteiger charge is -2.33. The van der Waals surface area contributed by atoms with Crippen LogP contribution in [0, 0.1) is 16.7 Å². The number of hydrogen-bond donors (Lipinski definition) is 2. The summed E-state index contributed by atoms with van der Waals surface area (Å²) in [5, 5.41) is 3.96. The van der Waals surface area contributed by atoms with Crippen LogP contribution < -0.4 is 10.9 Å². The molecule has 2 bridgehead atoms. The molecule has 1 saturated carbocycles. The summed E-state index contributed by atoms with van der Waals surface area (Å²) >= 11 is 13.7. The lowest BCUT2D eigenvalue weighted by Crippen LogP contribution is -2.30. The third-order valence-electron chi connectivity index (χ3n) is 6.18. The molecule has 1 aromatic heterocycles. The lowest BCUT2D eigenvalue weighted by molar-refractivity contribution is 0.178. The van der Waals surface area contributed by atoms with E-state index in [4.69, 9.17) is 23.2 Å². The first-order valence-corrected chi connectivity index (χ1v) is 10.1. The number of allylic oxidation sites excluding steroid dienone is 2. The molecule has 0 aliphatic heterocycles. The normalized spacial score (nSPS) is 26.6. The molecule has 0 radical (unpaired) electrons. The van der Waals surface area contributed by atoms with Crippen molar-refractivity contribution in [2.24, 2.45) is 16.7 Å². The Morgan fingerprint density at radius 1 is 1.16 bits per heavy atom. The largest absolute Gasteiger partial charge is 0.303 e. The SMILES string of the molecule is CC1(C)[C@H]2CC[C@]1(C)C=C2NNc1nc(-c2ccc(Cl)c(Cl)c2)cs1. The highest BCUT2D eigenvalue weighted by atomic mass is 35.5. The van der Waals surface area contributed by atoms with E-state index in [9.17, 15) is 0 Å². The number of hydrogen-bond acceptors (Lipinski definition) is 4. The van der Waals surface area contributed by atoms with Gasteiger partial charge in [-0.2, -0.15) is 0 Å². The summed E-state index contributed by atoms with van der Waals surface area (Å²) in [5.41, 5.74) is 10.4. The van der Waals surface area contributed by atoms with Crippen molar-refractivity contribution in [3.63, 3.8) is 0 Å². The molecule has 4 rings (SSSR count). The number of anilines is 1. The molecule has 1 aromatic carbocycles. The molecule has 25 heavy (non-hydrogen) atoms. The zero-order valence-corrected chi connectivity index (χ0v) is 16.8. The molecule has 1 heterocycles. The zero-order chi connectivity index (χ0) is 17.8. The molecule has 2 N–H and O–H groups in total. The Bertz CT molecular complexity index is 858. The third-order valence-corrected chi connectivity index (χ3v) is 7.68. The second kappa shape index (κ2) is 5.90. The van der Waals surface area contributed by atoms with Crippen molar-refractivity contribution in [1.29, 1.82) is 0 Å². The minimum absolute atomic E-state index is 0.287. The summed E-state index contributed by atoms with van der Waals surface area (Å²) < 4.78 is 0. The number of rotatable bonds is 4. The van der Waals surface area contributed by atoms with Crippen molar-refractivity contribution in [2.75, 3.05) is 5.43 Å². The van der Waals surface area contributed by atoms with Crippen LogP contribution in [0.3, 0.4) is 0 Å². The molecule has 2 aliphatic rings. The van der Waals surface area contributed by atoms with E-state index in [0.717, 1.165) is 16.4 Å². The van der Waals surface area contributed by atoms with E-state index < -0.39 is 0 Å². The quantitative estimate of drug-likeness (QED) is 0.592. The maximum absolute atomic E-state index is 6.10. The maximum Gasteiger partial charge on any atom is 0.202 e. The smallest absolute Gasteiger partial charge is 0.202 e. The predicted octanol–water partition coefficient (Wildman–Crippen LogP) is 6.37. The van der Waals surface area contributed by atoms with Gasteiger partial charge < -0.3 is 5.43 Å². The van der Waals surface area contributed by atoms with Crippen molar-refractivity contribution < 1.29 is 0 Å². The van der Waals surface area contributed by atoms with E-state index in [1.165, 1.54) is 18.5 Å². The molecule has 1 fully saturated rings. The first-order valence-electron chi connectivity index (χ1n) is 8.46. The molecule has 2 aromatic rings. The van der Waals surface area contributed by atoms with Gasteiger partial charge in [0.1, 0.15) is 0 Å². The molecular weight excluding hydrogens is 373 g/mol. The van der Waals surface area contributed by atoms with E-state index in [0.29, 0.717) is 21.4 Å². The molecule has 2 atom stereocenters. The van der Waals surface area contributed by atoms with Crippen molar-refractivity contribution in [3.05, 3.63) is 45.4 Å².